The van der Waals surface area contributed by atoms with Crippen LogP contribution >= 0.6 is 0 Å². The van der Waals surface area contributed by atoms with E-state index in [9.17, 15) is 4.79 Å². The number of primary amides is 1. The summed E-state index contributed by atoms with van der Waals surface area (Å²) >= 11 is 0. The van der Waals surface area contributed by atoms with Crippen LogP contribution in [0.15, 0.2) is 66.7 Å². The van der Waals surface area contributed by atoms with E-state index in [1.165, 1.54) is 21.5 Å². The lowest BCUT2D eigenvalue weighted by atomic mass is 9.98. The van der Waals surface area contributed by atoms with Gasteiger partial charge in [0, 0.05) is 5.56 Å². The first kappa shape index (κ1) is 11.9. The summed E-state index contributed by atoms with van der Waals surface area (Å²) in [5.74, 6) is -0.393. The van der Waals surface area contributed by atoms with Gasteiger partial charge in [-0.05, 0) is 68.7 Å². The van der Waals surface area contributed by atoms with Crippen LogP contribution in [0.1, 0.15) is 11.8 Å². The lowest BCUT2D eigenvalue weighted by molar-refractivity contribution is 0.100. The zero-order valence-corrected chi connectivity index (χ0v) is 11.3. The molecule has 4 aromatic rings. The lowest BCUT2D eigenvalue weighted by Crippen LogP contribution is -2.10. The molecular formula is C19H14NO+. The molecule has 1 amide bonds. The second kappa shape index (κ2) is 4.32. The average molecular weight is 272 g/mol. The number of nitrogens with two attached hydrogens (primary N) is 1. The van der Waals surface area contributed by atoms with Crippen LogP contribution in [0.2, 0.25) is 0 Å². The monoisotopic (exact) mass is 272 g/mol. The zero-order valence-electron chi connectivity index (χ0n) is 12.3. The minimum atomic E-state index is -0.393. The Bertz CT molecular complexity index is 1020. The van der Waals surface area contributed by atoms with Crippen molar-refractivity contribution in [1.29, 1.82) is 0 Å². The maximum atomic E-state index is 11.3. The largest absolute Gasteiger partial charge is 1.00 e. The fourth-order valence-corrected chi connectivity index (χ4v) is 2.85. The van der Waals surface area contributed by atoms with Crippen LogP contribution in [0.25, 0.3) is 32.3 Å². The molecule has 0 fully saturated rings. The summed E-state index contributed by atoms with van der Waals surface area (Å²) in [5, 5.41) is 6.97. The Morgan fingerprint density at radius 1 is 0.667 bits per heavy atom. The quantitative estimate of drug-likeness (QED) is 0.514. The van der Waals surface area contributed by atoms with Crippen molar-refractivity contribution < 1.29 is 6.22 Å². The van der Waals surface area contributed by atoms with E-state index in [4.69, 9.17) is 5.73 Å². The summed E-state index contributed by atoms with van der Waals surface area (Å²) in [4.78, 5) is 11.3. The summed E-state index contributed by atoms with van der Waals surface area (Å²) < 4.78 is 0. The van der Waals surface area contributed by atoms with Gasteiger partial charge >= 0.3 is 1.43 Å². The third kappa shape index (κ3) is 1.93. The second-order valence-electron chi connectivity index (χ2n) is 5.32. The molecule has 0 bridgehead atoms. The Balaban J connectivity index is 0.00000144. The van der Waals surface area contributed by atoms with Gasteiger partial charge in [0.1, 0.15) is 0 Å². The molecule has 0 saturated heterocycles. The molecule has 0 aliphatic carbocycles. The molecule has 4 rings (SSSR count). The fraction of sp³-hybridized carbons (Fsp3) is 0. The highest BCUT2D eigenvalue weighted by atomic mass is 16.1. The highest BCUT2D eigenvalue weighted by Crippen LogP contribution is 2.27. The van der Waals surface area contributed by atoms with Crippen molar-refractivity contribution in [3.05, 3.63) is 72.3 Å². The normalized spacial score (nSPS) is 11.2. The van der Waals surface area contributed by atoms with Gasteiger partial charge in [-0.15, -0.1) is 0 Å². The minimum Gasteiger partial charge on any atom is -0.366 e. The molecule has 0 aliphatic heterocycles. The third-order valence-corrected chi connectivity index (χ3v) is 3.94. The summed E-state index contributed by atoms with van der Waals surface area (Å²) in [5.41, 5.74) is 5.90. The highest BCUT2D eigenvalue weighted by molar-refractivity contribution is 6.06. The van der Waals surface area contributed by atoms with E-state index in [1.807, 2.05) is 24.3 Å². The van der Waals surface area contributed by atoms with E-state index in [-0.39, 0.29) is 1.43 Å². The maximum absolute atomic E-state index is 11.3. The highest BCUT2D eigenvalue weighted by Gasteiger charge is 2.04. The number of benzene rings is 4. The van der Waals surface area contributed by atoms with Gasteiger partial charge in [0.2, 0.25) is 5.91 Å². The van der Waals surface area contributed by atoms with Crippen molar-refractivity contribution >= 4 is 38.2 Å². The SMILES string of the molecule is NC(=O)c1ccc2cc3cc4ccccc4cc3cc2c1.[H+]. The minimum absolute atomic E-state index is 0. The standard InChI is InChI=1S/C19H13NO/c20-19(21)15-6-5-14-9-17-7-12-3-1-2-4-13(12)8-18(17)11-16(14)10-15/h1-11H,(H2,20,21)/p+1. The van der Waals surface area contributed by atoms with Crippen molar-refractivity contribution in [2.75, 3.05) is 0 Å². The zero-order chi connectivity index (χ0) is 14.4. The maximum Gasteiger partial charge on any atom is 1.00 e. The summed E-state index contributed by atoms with van der Waals surface area (Å²) in [6.07, 6.45) is 0. The average Bonchev–Trinajstić information content (AvgIpc) is 2.50. The molecule has 0 aliphatic rings. The molecule has 0 spiro atoms. The van der Waals surface area contributed by atoms with Crippen LogP contribution in [0.3, 0.4) is 0 Å². The molecule has 4 aromatic carbocycles. The van der Waals surface area contributed by atoms with E-state index in [0.717, 1.165) is 10.8 Å². The summed E-state index contributed by atoms with van der Waals surface area (Å²) in [6, 6.07) is 22.6. The van der Waals surface area contributed by atoms with Gasteiger partial charge in [-0.2, -0.15) is 0 Å². The van der Waals surface area contributed by atoms with Gasteiger partial charge in [0.15, 0.2) is 0 Å². The van der Waals surface area contributed by atoms with E-state index >= 15 is 0 Å². The van der Waals surface area contributed by atoms with Crippen LogP contribution in [0.4, 0.5) is 0 Å². The molecule has 0 atom stereocenters. The molecule has 2 heteroatoms. The van der Waals surface area contributed by atoms with Gasteiger partial charge in [-0.25, -0.2) is 0 Å². The van der Waals surface area contributed by atoms with Crippen LogP contribution < -0.4 is 5.73 Å². The van der Waals surface area contributed by atoms with E-state index < -0.39 is 5.91 Å². The van der Waals surface area contributed by atoms with Crippen LogP contribution in [-0.4, -0.2) is 5.91 Å². The van der Waals surface area contributed by atoms with Crippen molar-refractivity contribution in [1.82, 2.24) is 0 Å². The number of carbonyl (C=O) groups excluding carboxylic acids is 1. The molecule has 21 heavy (non-hydrogen) atoms. The smallest absolute Gasteiger partial charge is 0.366 e. The molecule has 2 nitrogen and oxygen atoms in total. The molecule has 0 aromatic heterocycles. The Kier molecular flexibility index (Phi) is 2.45. The number of amides is 1. The first-order valence-corrected chi connectivity index (χ1v) is 6.87. The first-order valence-electron chi connectivity index (χ1n) is 6.87. The molecule has 2 N–H and O–H groups in total. The van der Waals surface area contributed by atoms with Gasteiger partial charge in [0.25, 0.3) is 0 Å². The van der Waals surface area contributed by atoms with Gasteiger partial charge in [-0.3, -0.25) is 4.79 Å². The Hall–Kier alpha value is -2.87. The van der Waals surface area contributed by atoms with Crippen LogP contribution in [0, 0.1) is 0 Å². The van der Waals surface area contributed by atoms with E-state index in [1.54, 1.807) is 6.07 Å². The number of carbonyl (C=O) groups is 1. The van der Waals surface area contributed by atoms with Gasteiger partial charge < -0.3 is 5.73 Å². The first-order chi connectivity index (χ1) is 10.2. The van der Waals surface area contributed by atoms with Gasteiger partial charge in [0.05, 0.1) is 0 Å². The molecular weight excluding hydrogens is 258 g/mol. The number of fused-ring (bicyclic) bond motifs is 3. The van der Waals surface area contributed by atoms with Crippen molar-refractivity contribution in [3.8, 4) is 0 Å². The molecule has 0 radical (unpaired) electrons. The summed E-state index contributed by atoms with van der Waals surface area (Å²) in [6.45, 7) is 0. The second-order valence-corrected chi connectivity index (χ2v) is 5.32. The predicted octanol–water partition coefficient (Wildman–Crippen LogP) is 4.36. The van der Waals surface area contributed by atoms with Gasteiger partial charge in [-0.1, -0.05) is 30.3 Å². The predicted molar refractivity (Wildman–Crippen MR) is 88.6 cm³/mol. The fourth-order valence-electron chi connectivity index (χ4n) is 2.85. The molecule has 100 valence electrons. The van der Waals surface area contributed by atoms with Crippen molar-refractivity contribution in [3.63, 3.8) is 0 Å². The van der Waals surface area contributed by atoms with Crippen LogP contribution in [-0.2, 0) is 0 Å². The Labute approximate surface area is 123 Å². The Morgan fingerprint density at radius 3 is 1.71 bits per heavy atom. The summed E-state index contributed by atoms with van der Waals surface area (Å²) in [7, 11) is 0. The topological polar surface area (TPSA) is 43.1 Å². The van der Waals surface area contributed by atoms with Crippen LogP contribution in [0.5, 0.6) is 0 Å². The molecule has 0 unspecified atom stereocenters. The molecule has 0 heterocycles. The van der Waals surface area contributed by atoms with E-state index in [0.29, 0.717) is 5.56 Å². The Morgan fingerprint density at radius 2 is 1.14 bits per heavy atom. The number of hydrogen-bond donors (Lipinski definition) is 1. The lowest BCUT2D eigenvalue weighted by Gasteiger charge is -2.06. The van der Waals surface area contributed by atoms with Crippen molar-refractivity contribution in [2.24, 2.45) is 5.73 Å². The number of hydrogen-bond acceptors (Lipinski definition) is 1. The third-order valence-electron chi connectivity index (χ3n) is 3.94. The molecule has 0 saturated carbocycles. The van der Waals surface area contributed by atoms with E-state index in [2.05, 4.69) is 36.4 Å². The van der Waals surface area contributed by atoms with Crippen molar-refractivity contribution in [2.45, 2.75) is 0 Å². The number of rotatable bonds is 1.